The molecular formula is C15H16N4. The van der Waals surface area contributed by atoms with Crippen LogP contribution in [-0.4, -0.2) is 19.1 Å². The molecule has 19 heavy (non-hydrogen) atoms. The van der Waals surface area contributed by atoms with Crippen LogP contribution in [0.25, 0.3) is 0 Å². The fourth-order valence-corrected chi connectivity index (χ4v) is 1.87. The Morgan fingerprint density at radius 2 is 2.16 bits per heavy atom. The summed E-state index contributed by atoms with van der Waals surface area (Å²) in [5, 5.41) is 12.0. The zero-order valence-electron chi connectivity index (χ0n) is 11.1. The van der Waals surface area contributed by atoms with Gasteiger partial charge in [0.1, 0.15) is 0 Å². The minimum absolute atomic E-state index is 0.668. The number of pyridine rings is 1. The van der Waals surface area contributed by atoms with Crippen molar-refractivity contribution >= 4 is 11.4 Å². The van der Waals surface area contributed by atoms with Gasteiger partial charge in [-0.2, -0.15) is 5.26 Å². The van der Waals surface area contributed by atoms with E-state index in [1.807, 2.05) is 44.4 Å². The van der Waals surface area contributed by atoms with Crippen LogP contribution in [0.5, 0.6) is 0 Å². The second-order valence-corrected chi connectivity index (χ2v) is 4.30. The van der Waals surface area contributed by atoms with E-state index in [1.165, 1.54) is 0 Å². The van der Waals surface area contributed by atoms with E-state index in [1.54, 1.807) is 12.3 Å². The highest BCUT2D eigenvalue weighted by Gasteiger charge is 2.04. The number of nitrogens with zero attached hydrogens (tertiary/aromatic N) is 3. The van der Waals surface area contributed by atoms with Crippen LogP contribution < -0.4 is 10.2 Å². The van der Waals surface area contributed by atoms with E-state index < -0.39 is 0 Å². The molecule has 0 saturated heterocycles. The largest absolute Gasteiger partial charge is 0.388 e. The lowest BCUT2D eigenvalue weighted by molar-refractivity contribution is 0.885. The van der Waals surface area contributed by atoms with Crippen LogP contribution in [0.15, 0.2) is 42.6 Å². The van der Waals surface area contributed by atoms with Gasteiger partial charge in [0, 0.05) is 31.7 Å². The first-order valence-corrected chi connectivity index (χ1v) is 6.07. The van der Waals surface area contributed by atoms with Crippen molar-refractivity contribution in [2.45, 2.75) is 6.54 Å². The molecule has 0 aliphatic rings. The first-order chi connectivity index (χ1) is 9.22. The van der Waals surface area contributed by atoms with Crippen LogP contribution in [0.2, 0.25) is 0 Å². The van der Waals surface area contributed by atoms with Crippen LogP contribution in [0.1, 0.15) is 11.3 Å². The number of hydrogen-bond acceptors (Lipinski definition) is 4. The molecule has 4 heteroatoms. The molecule has 0 radical (unpaired) electrons. The zero-order chi connectivity index (χ0) is 13.7. The lowest BCUT2D eigenvalue weighted by Gasteiger charge is -2.19. The van der Waals surface area contributed by atoms with Crippen LogP contribution in [0.4, 0.5) is 11.4 Å². The third-order valence-corrected chi connectivity index (χ3v) is 2.92. The van der Waals surface area contributed by atoms with Crippen molar-refractivity contribution < 1.29 is 0 Å². The molecule has 96 valence electrons. The van der Waals surface area contributed by atoms with Crippen LogP contribution >= 0.6 is 0 Å². The minimum Gasteiger partial charge on any atom is -0.388 e. The van der Waals surface area contributed by atoms with E-state index in [0.717, 1.165) is 17.1 Å². The fourth-order valence-electron chi connectivity index (χ4n) is 1.87. The molecule has 0 bridgehead atoms. The van der Waals surface area contributed by atoms with Crippen molar-refractivity contribution in [3.63, 3.8) is 0 Å². The maximum atomic E-state index is 8.91. The summed E-state index contributed by atoms with van der Waals surface area (Å²) < 4.78 is 0. The molecule has 1 heterocycles. The maximum Gasteiger partial charge on any atom is 0.0992 e. The number of anilines is 2. The summed E-state index contributed by atoms with van der Waals surface area (Å²) >= 11 is 0. The van der Waals surface area contributed by atoms with Crippen molar-refractivity contribution in [3.05, 3.63) is 53.9 Å². The Hall–Kier alpha value is -2.54. The highest BCUT2D eigenvalue weighted by molar-refractivity contribution is 5.51. The zero-order valence-corrected chi connectivity index (χ0v) is 11.1. The van der Waals surface area contributed by atoms with Gasteiger partial charge in [0.2, 0.25) is 0 Å². The summed E-state index contributed by atoms with van der Waals surface area (Å²) in [5.41, 5.74) is 3.71. The smallest absolute Gasteiger partial charge is 0.0992 e. The van der Waals surface area contributed by atoms with E-state index >= 15 is 0 Å². The lowest BCUT2D eigenvalue weighted by atomic mass is 10.2. The Balaban J connectivity index is 2.15. The normalized spacial score (nSPS) is 9.74. The van der Waals surface area contributed by atoms with E-state index in [-0.39, 0.29) is 0 Å². The van der Waals surface area contributed by atoms with Gasteiger partial charge < -0.3 is 10.2 Å². The first kappa shape index (κ1) is 12.9. The molecule has 0 atom stereocenters. The number of nitriles is 1. The van der Waals surface area contributed by atoms with E-state index in [9.17, 15) is 0 Å². The molecular weight excluding hydrogens is 236 g/mol. The predicted molar refractivity (Wildman–Crippen MR) is 77.0 cm³/mol. The molecule has 2 aromatic rings. The molecule has 1 aromatic heterocycles. The second-order valence-electron chi connectivity index (χ2n) is 4.30. The summed E-state index contributed by atoms with van der Waals surface area (Å²) in [6.07, 6.45) is 1.79. The third kappa shape index (κ3) is 3.23. The van der Waals surface area contributed by atoms with Gasteiger partial charge in [-0.3, -0.25) is 4.98 Å². The van der Waals surface area contributed by atoms with Crippen molar-refractivity contribution in [3.8, 4) is 6.07 Å². The van der Waals surface area contributed by atoms with Crippen molar-refractivity contribution in [2.75, 3.05) is 24.3 Å². The predicted octanol–water partition coefficient (Wildman–Crippen LogP) is 2.63. The summed E-state index contributed by atoms with van der Waals surface area (Å²) in [6, 6.07) is 13.7. The van der Waals surface area contributed by atoms with E-state index in [2.05, 4.69) is 21.3 Å². The molecule has 0 aliphatic carbocycles. The topological polar surface area (TPSA) is 52.0 Å². The van der Waals surface area contributed by atoms with Gasteiger partial charge in [-0.05, 0) is 30.3 Å². The summed E-state index contributed by atoms with van der Waals surface area (Å²) in [6.45, 7) is 0.699. The van der Waals surface area contributed by atoms with Gasteiger partial charge in [0.15, 0.2) is 0 Å². The van der Waals surface area contributed by atoms with Crippen LogP contribution in [0, 0.1) is 11.3 Å². The summed E-state index contributed by atoms with van der Waals surface area (Å²) in [4.78, 5) is 6.42. The van der Waals surface area contributed by atoms with Crippen molar-refractivity contribution in [1.29, 1.82) is 5.26 Å². The first-order valence-electron chi connectivity index (χ1n) is 6.07. The number of benzene rings is 1. The number of hydrogen-bond donors (Lipinski definition) is 1. The Kier molecular flexibility index (Phi) is 3.99. The van der Waals surface area contributed by atoms with Gasteiger partial charge in [0.25, 0.3) is 0 Å². The van der Waals surface area contributed by atoms with Gasteiger partial charge in [-0.15, -0.1) is 0 Å². The summed E-state index contributed by atoms with van der Waals surface area (Å²) in [7, 11) is 3.88. The number of aromatic nitrogens is 1. The Morgan fingerprint density at radius 3 is 2.89 bits per heavy atom. The Bertz CT molecular complexity index is 601. The molecule has 0 saturated carbocycles. The van der Waals surface area contributed by atoms with Crippen molar-refractivity contribution in [2.24, 2.45) is 0 Å². The molecule has 0 spiro atoms. The molecule has 0 fully saturated rings. The van der Waals surface area contributed by atoms with Gasteiger partial charge in [0.05, 0.1) is 23.9 Å². The highest BCUT2D eigenvalue weighted by atomic mass is 15.1. The van der Waals surface area contributed by atoms with Crippen LogP contribution in [-0.2, 0) is 6.54 Å². The highest BCUT2D eigenvalue weighted by Crippen LogP contribution is 2.17. The Morgan fingerprint density at radius 1 is 1.32 bits per heavy atom. The summed E-state index contributed by atoms with van der Waals surface area (Å²) in [5.74, 6) is 0. The SMILES string of the molecule is CNc1ccnc(CN(C)c2cccc(C#N)c2)c1. The lowest BCUT2D eigenvalue weighted by Crippen LogP contribution is -2.17. The average Bonchev–Trinajstić information content (AvgIpc) is 2.47. The van der Waals surface area contributed by atoms with Gasteiger partial charge in [-0.25, -0.2) is 0 Å². The molecule has 4 nitrogen and oxygen atoms in total. The molecule has 1 N–H and O–H groups in total. The Labute approximate surface area is 113 Å². The number of rotatable bonds is 4. The van der Waals surface area contributed by atoms with E-state index in [4.69, 9.17) is 5.26 Å². The fraction of sp³-hybridized carbons (Fsp3) is 0.200. The minimum atomic E-state index is 0.668. The monoisotopic (exact) mass is 252 g/mol. The van der Waals surface area contributed by atoms with Crippen LogP contribution in [0.3, 0.4) is 0 Å². The standard InChI is InChI=1S/C15H16N4/c1-17-13-6-7-18-14(9-13)11-19(2)15-5-3-4-12(8-15)10-16/h3-9H,11H2,1-2H3,(H,17,18). The third-order valence-electron chi connectivity index (χ3n) is 2.92. The van der Waals surface area contributed by atoms with Crippen molar-refractivity contribution in [1.82, 2.24) is 4.98 Å². The average molecular weight is 252 g/mol. The number of nitrogens with one attached hydrogen (secondary N) is 1. The molecule has 1 aromatic carbocycles. The van der Waals surface area contributed by atoms with E-state index in [0.29, 0.717) is 12.1 Å². The maximum absolute atomic E-state index is 8.91. The molecule has 2 rings (SSSR count). The molecule has 0 aliphatic heterocycles. The quantitative estimate of drug-likeness (QED) is 0.908. The van der Waals surface area contributed by atoms with Gasteiger partial charge >= 0.3 is 0 Å². The van der Waals surface area contributed by atoms with Gasteiger partial charge in [-0.1, -0.05) is 6.07 Å². The second kappa shape index (κ2) is 5.87. The molecule has 0 unspecified atom stereocenters. The molecule has 0 amide bonds.